The topological polar surface area (TPSA) is 66.8 Å². The van der Waals surface area contributed by atoms with Crippen LogP contribution in [0.1, 0.15) is 37.7 Å². The Hall–Kier alpha value is -1.88. The van der Waals surface area contributed by atoms with Gasteiger partial charge >= 0.3 is 6.09 Å². The molecule has 1 aromatic rings. The van der Waals surface area contributed by atoms with Crippen molar-refractivity contribution in [2.24, 2.45) is 0 Å². The summed E-state index contributed by atoms with van der Waals surface area (Å²) < 4.78 is 5.37. The van der Waals surface area contributed by atoms with Crippen LogP contribution in [-0.2, 0) is 16.1 Å². The number of carbonyl (C=O) groups excluding carboxylic acids is 2. The van der Waals surface area contributed by atoms with Crippen LogP contribution in [0.3, 0.4) is 0 Å². The second kappa shape index (κ2) is 8.54. The summed E-state index contributed by atoms with van der Waals surface area (Å²) >= 11 is 0. The SMILES string of the molecule is O=C1CCN(C(=O)OCc2ccccc2)C(CCCCO)C1. The van der Waals surface area contributed by atoms with Gasteiger partial charge in [0.1, 0.15) is 12.4 Å². The van der Waals surface area contributed by atoms with Crippen molar-refractivity contribution in [3.8, 4) is 0 Å². The number of nitrogens with zero attached hydrogens (tertiary/aromatic N) is 1. The summed E-state index contributed by atoms with van der Waals surface area (Å²) in [6.45, 7) is 0.808. The van der Waals surface area contributed by atoms with E-state index in [0.29, 0.717) is 25.8 Å². The minimum atomic E-state index is -0.356. The predicted octanol–water partition coefficient (Wildman–Crippen LogP) is 2.52. The monoisotopic (exact) mass is 305 g/mol. The zero-order valence-electron chi connectivity index (χ0n) is 12.7. The molecule has 2 rings (SSSR count). The highest BCUT2D eigenvalue weighted by molar-refractivity contribution is 5.82. The minimum Gasteiger partial charge on any atom is -0.445 e. The second-order valence-corrected chi connectivity index (χ2v) is 5.60. The molecule has 1 aromatic carbocycles. The number of Topliss-reactive ketones (excluding diaryl/α,β-unsaturated/α-hetero) is 1. The first-order valence-corrected chi connectivity index (χ1v) is 7.80. The van der Waals surface area contributed by atoms with E-state index in [9.17, 15) is 9.59 Å². The van der Waals surface area contributed by atoms with Crippen molar-refractivity contribution in [2.75, 3.05) is 13.2 Å². The summed E-state index contributed by atoms with van der Waals surface area (Å²) in [4.78, 5) is 25.6. The molecule has 0 bridgehead atoms. The Labute approximate surface area is 130 Å². The Bertz CT molecular complexity index is 489. The number of hydrogen-bond donors (Lipinski definition) is 1. The largest absolute Gasteiger partial charge is 0.445 e. The van der Waals surface area contributed by atoms with E-state index in [1.807, 2.05) is 30.3 Å². The molecule has 0 saturated carbocycles. The standard InChI is InChI=1S/C17H23NO4/c19-11-5-4-8-15-12-16(20)9-10-18(15)17(21)22-13-14-6-2-1-3-7-14/h1-3,6-7,15,19H,4-5,8-13H2. The molecule has 1 aliphatic heterocycles. The van der Waals surface area contributed by atoms with E-state index in [1.54, 1.807) is 4.90 Å². The molecule has 0 aromatic heterocycles. The highest BCUT2D eigenvalue weighted by Gasteiger charge is 2.31. The van der Waals surface area contributed by atoms with E-state index >= 15 is 0 Å². The van der Waals surface area contributed by atoms with Crippen LogP contribution in [0.5, 0.6) is 0 Å². The van der Waals surface area contributed by atoms with E-state index in [-0.39, 0.29) is 31.1 Å². The number of aliphatic hydroxyl groups is 1. The summed E-state index contributed by atoms with van der Waals surface area (Å²) in [5, 5.41) is 8.86. The Kier molecular flexibility index (Phi) is 6.40. The maximum atomic E-state index is 12.3. The number of rotatable bonds is 6. The Morgan fingerprint density at radius 2 is 2.05 bits per heavy atom. The van der Waals surface area contributed by atoms with Crippen molar-refractivity contribution in [3.63, 3.8) is 0 Å². The third-order valence-electron chi connectivity index (χ3n) is 3.92. The maximum Gasteiger partial charge on any atom is 0.410 e. The van der Waals surface area contributed by atoms with Gasteiger partial charge in [0.15, 0.2) is 0 Å². The van der Waals surface area contributed by atoms with E-state index < -0.39 is 0 Å². The van der Waals surface area contributed by atoms with Gasteiger partial charge in [-0.2, -0.15) is 0 Å². The first kappa shape index (κ1) is 16.5. The van der Waals surface area contributed by atoms with Crippen LogP contribution in [0, 0.1) is 0 Å². The van der Waals surface area contributed by atoms with Crippen molar-refractivity contribution >= 4 is 11.9 Å². The number of amides is 1. The fourth-order valence-corrected chi connectivity index (χ4v) is 2.70. The quantitative estimate of drug-likeness (QED) is 0.820. The highest BCUT2D eigenvalue weighted by atomic mass is 16.6. The van der Waals surface area contributed by atoms with E-state index in [4.69, 9.17) is 9.84 Å². The molecule has 5 nitrogen and oxygen atoms in total. The number of benzene rings is 1. The van der Waals surface area contributed by atoms with Gasteiger partial charge in [0.2, 0.25) is 0 Å². The fourth-order valence-electron chi connectivity index (χ4n) is 2.70. The number of piperidine rings is 1. The zero-order valence-corrected chi connectivity index (χ0v) is 12.7. The van der Waals surface area contributed by atoms with Crippen molar-refractivity contribution in [1.29, 1.82) is 0 Å². The van der Waals surface area contributed by atoms with Crippen molar-refractivity contribution in [3.05, 3.63) is 35.9 Å². The van der Waals surface area contributed by atoms with Crippen LogP contribution in [0.4, 0.5) is 4.79 Å². The van der Waals surface area contributed by atoms with E-state index in [0.717, 1.165) is 18.4 Å². The molecule has 1 N–H and O–H groups in total. The lowest BCUT2D eigenvalue weighted by Gasteiger charge is -2.34. The molecule has 1 amide bonds. The summed E-state index contributed by atoms with van der Waals surface area (Å²) in [5.74, 6) is 0.195. The van der Waals surface area contributed by atoms with Gasteiger partial charge in [-0.15, -0.1) is 0 Å². The highest BCUT2D eigenvalue weighted by Crippen LogP contribution is 2.20. The van der Waals surface area contributed by atoms with Crippen LogP contribution in [0.25, 0.3) is 0 Å². The normalized spacial score (nSPS) is 18.3. The van der Waals surface area contributed by atoms with Gasteiger partial charge in [-0.25, -0.2) is 4.79 Å². The predicted molar refractivity (Wildman–Crippen MR) is 82.3 cm³/mol. The van der Waals surface area contributed by atoms with Crippen LogP contribution in [0.15, 0.2) is 30.3 Å². The Balaban J connectivity index is 1.88. The molecule has 120 valence electrons. The lowest BCUT2D eigenvalue weighted by Crippen LogP contribution is -2.46. The van der Waals surface area contributed by atoms with Gasteiger partial charge in [0.25, 0.3) is 0 Å². The lowest BCUT2D eigenvalue weighted by atomic mass is 9.97. The second-order valence-electron chi connectivity index (χ2n) is 5.60. The first-order valence-electron chi connectivity index (χ1n) is 7.80. The Morgan fingerprint density at radius 3 is 2.77 bits per heavy atom. The van der Waals surface area contributed by atoms with Crippen LogP contribution in [-0.4, -0.2) is 41.1 Å². The van der Waals surface area contributed by atoms with E-state index in [2.05, 4.69) is 0 Å². The molecule has 5 heteroatoms. The third kappa shape index (κ3) is 4.84. The minimum absolute atomic E-state index is 0.101. The number of carbonyl (C=O) groups is 2. The number of ether oxygens (including phenoxy) is 1. The molecule has 1 atom stereocenters. The third-order valence-corrected chi connectivity index (χ3v) is 3.92. The molecular weight excluding hydrogens is 282 g/mol. The van der Waals surface area contributed by atoms with Crippen LogP contribution in [0.2, 0.25) is 0 Å². The van der Waals surface area contributed by atoms with E-state index in [1.165, 1.54) is 0 Å². The smallest absolute Gasteiger partial charge is 0.410 e. The van der Waals surface area contributed by atoms with Crippen molar-refractivity contribution in [1.82, 2.24) is 4.90 Å². The zero-order chi connectivity index (χ0) is 15.8. The maximum absolute atomic E-state index is 12.3. The fraction of sp³-hybridized carbons (Fsp3) is 0.529. The molecule has 0 aliphatic carbocycles. The molecule has 1 heterocycles. The molecule has 22 heavy (non-hydrogen) atoms. The molecule has 1 unspecified atom stereocenters. The molecular formula is C17H23NO4. The average Bonchev–Trinajstić information content (AvgIpc) is 2.54. The van der Waals surface area contributed by atoms with Crippen LogP contribution < -0.4 is 0 Å². The Morgan fingerprint density at radius 1 is 1.27 bits per heavy atom. The van der Waals surface area contributed by atoms with Gasteiger partial charge in [0, 0.05) is 32.0 Å². The molecule has 0 spiro atoms. The van der Waals surface area contributed by atoms with Crippen molar-refractivity contribution < 1.29 is 19.4 Å². The average molecular weight is 305 g/mol. The number of ketones is 1. The number of aliphatic hydroxyl groups excluding tert-OH is 1. The summed E-state index contributed by atoms with van der Waals surface area (Å²) in [6, 6.07) is 9.44. The van der Waals surface area contributed by atoms with Gasteiger partial charge in [-0.3, -0.25) is 4.79 Å². The van der Waals surface area contributed by atoms with Gasteiger partial charge in [-0.1, -0.05) is 30.3 Å². The summed E-state index contributed by atoms with van der Waals surface area (Å²) in [5.41, 5.74) is 0.945. The number of likely N-dealkylation sites (tertiary alicyclic amines) is 1. The van der Waals surface area contributed by atoms with Gasteiger partial charge in [0.05, 0.1) is 0 Å². The molecule has 0 radical (unpaired) electrons. The van der Waals surface area contributed by atoms with Crippen LogP contribution >= 0.6 is 0 Å². The molecule has 1 saturated heterocycles. The van der Waals surface area contributed by atoms with Gasteiger partial charge in [-0.05, 0) is 24.8 Å². The van der Waals surface area contributed by atoms with Gasteiger partial charge < -0.3 is 14.7 Å². The first-order chi connectivity index (χ1) is 10.7. The summed E-state index contributed by atoms with van der Waals surface area (Å²) in [7, 11) is 0. The summed E-state index contributed by atoms with van der Waals surface area (Å²) in [6.07, 6.45) is 2.66. The number of hydrogen-bond acceptors (Lipinski definition) is 4. The van der Waals surface area contributed by atoms with Crippen molar-refractivity contribution in [2.45, 2.75) is 44.8 Å². The molecule has 1 fully saturated rings. The molecule has 1 aliphatic rings. The number of unbranched alkanes of at least 4 members (excludes halogenated alkanes) is 1. The lowest BCUT2D eigenvalue weighted by molar-refractivity contribution is -0.122.